The van der Waals surface area contributed by atoms with Gasteiger partial charge in [0.25, 0.3) is 0 Å². The number of rotatable bonds is 3. The number of aryl methyl sites for hydroxylation is 1. The first kappa shape index (κ1) is 14.3. The molecule has 0 radical (unpaired) electrons. The number of hydrogen-bond donors (Lipinski definition) is 0. The highest BCUT2D eigenvalue weighted by Gasteiger charge is 2.20. The Bertz CT molecular complexity index is 754. The van der Waals surface area contributed by atoms with E-state index in [0.717, 1.165) is 40.9 Å². The normalized spacial score (nSPS) is 16.0. The van der Waals surface area contributed by atoms with E-state index < -0.39 is 0 Å². The van der Waals surface area contributed by atoms with Crippen LogP contribution in [-0.4, -0.2) is 12.9 Å². The minimum absolute atomic E-state index is 0.145. The topological polar surface area (TPSA) is 26.3 Å². The second-order valence-electron chi connectivity index (χ2n) is 5.28. The molecule has 2 aromatic rings. The number of para-hydroxylation sites is 1. The zero-order valence-corrected chi connectivity index (χ0v) is 12.6. The first-order chi connectivity index (χ1) is 10.8. The smallest absolute Gasteiger partial charge is 0.189 e. The maximum absolute atomic E-state index is 12.5. The first-order valence-corrected chi connectivity index (χ1v) is 7.42. The third-order valence-electron chi connectivity index (χ3n) is 3.93. The summed E-state index contributed by atoms with van der Waals surface area (Å²) in [5.74, 6) is 0.976. The summed E-state index contributed by atoms with van der Waals surface area (Å²) >= 11 is 0. The van der Waals surface area contributed by atoms with Crippen molar-refractivity contribution in [2.45, 2.75) is 12.8 Å². The van der Waals surface area contributed by atoms with Crippen LogP contribution in [0.15, 0.2) is 66.3 Å². The van der Waals surface area contributed by atoms with E-state index >= 15 is 0 Å². The van der Waals surface area contributed by atoms with Crippen molar-refractivity contribution >= 4 is 11.9 Å². The lowest BCUT2D eigenvalue weighted by Crippen LogP contribution is -2.13. The van der Waals surface area contributed by atoms with Crippen LogP contribution in [0.3, 0.4) is 0 Å². The van der Waals surface area contributed by atoms with Crippen LogP contribution in [0, 0.1) is 0 Å². The summed E-state index contributed by atoms with van der Waals surface area (Å²) in [7, 11) is 1.66. The second kappa shape index (κ2) is 6.44. The van der Waals surface area contributed by atoms with Gasteiger partial charge in [-0.2, -0.15) is 0 Å². The number of hydrogen-bond acceptors (Lipinski definition) is 2. The molecule has 0 atom stereocenters. The van der Waals surface area contributed by atoms with E-state index in [0.29, 0.717) is 0 Å². The van der Waals surface area contributed by atoms with Crippen LogP contribution in [0.2, 0.25) is 0 Å². The second-order valence-corrected chi connectivity index (χ2v) is 5.28. The Hall–Kier alpha value is -2.61. The zero-order chi connectivity index (χ0) is 15.4. The van der Waals surface area contributed by atoms with E-state index in [2.05, 4.69) is 0 Å². The largest absolute Gasteiger partial charge is 0.496 e. The number of ketones is 1. The molecule has 0 amide bonds. The highest BCUT2D eigenvalue weighted by Crippen LogP contribution is 2.25. The molecule has 2 aromatic carbocycles. The molecule has 0 unspecified atom stereocenters. The number of allylic oxidation sites excluding steroid dienone is 3. The van der Waals surface area contributed by atoms with E-state index in [4.69, 9.17) is 4.74 Å². The van der Waals surface area contributed by atoms with Crippen LogP contribution in [0.5, 0.6) is 5.75 Å². The van der Waals surface area contributed by atoms with E-state index in [1.807, 2.05) is 66.8 Å². The lowest BCUT2D eigenvalue weighted by molar-refractivity contribution is 0.102. The van der Waals surface area contributed by atoms with Crippen molar-refractivity contribution in [3.63, 3.8) is 0 Å². The molecular weight excluding hydrogens is 272 g/mol. The molecule has 0 heterocycles. The van der Waals surface area contributed by atoms with Crippen LogP contribution in [0.4, 0.5) is 0 Å². The third-order valence-corrected chi connectivity index (χ3v) is 3.93. The van der Waals surface area contributed by atoms with Crippen LogP contribution < -0.4 is 4.74 Å². The van der Waals surface area contributed by atoms with Crippen molar-refractivity contribution in [3.8, 4) is 5.75 Å². The van der Waals surface area contributed by atoms with Gasteiger partial charge in [0.15, 0.2) is 5.78 Å². The maximum atomic E-state index is 12.5. The predicted octanol–water partition coefficient (Wildman–Crippen LogP) is 4.46. The quantitative estimate of drug-likeness (QED) is 0.780. The summed E-state index contributed by atoms with van der Waals surface area (Å²) in [4.78, 5) is 12.5. The van der Waals surface area contributed by atoms with Crippen LogP contribution in [0.25, 0.3) is 6.08 Å². The zero-order valence-electron chi connectivity index (χ0n) is 12.6. The van der Waals surface area contributed by atoms with E-state index in [1.54, 1.807) is 7.11 Å². The SMILES string of the molecule is COc1ccccc1C=CC=C1CCc2ccccc2C1=O. The van der Waals surface area contributed by atoms with Gasteiger partial charge in [-0.25, -0.2) is 0 Å². The van der Waals surface area contributed by atoms with Gasteiger partial charge in [-0.15, -0.1) is 0 Å². The van der Waals surface area contributed by atoms with Crippen molar-refractivity contribution in [3.05, 3.63) is 82.9 Å². The molecule has 0 bridgehead atoms. The molecule has 0 aromatic heterocycles. The molecule has 0 saturated heterocycles. The fourth-order valence-electron chi connectivity index (χ4n) is 2.75. The van der Waals surface area contributed by atoms with Gasteiger partial charge in [0.1, 0.15) is 5.75 Å². The minimum Gasteiger partial charge on any atom is -0.496 e. The monoisotopic (exact) mass is 290 g/mol. The van der Waals surface area contributed by atoms with Gasteiger partial charge in [0.05, 0.1) is 7.11 Å². The van der Waals surface area contributed by atoms with E-state index in [1.165, 1.54) is 0 Å². The Morgan fingerprint density at radius 1 is 1.00 bits per heavy atom. The van der Waals surface area contributed by atoms with Gasteiger partial charge in [-0.05, 0) is 24.5 Å². The number of Topliss-reactive ketones (excluding diaryl/α,β-unsaturated/α-hetero) is 1. The van der Waals surface area contributed by atoms with E-state index in [-0.39, 0.29) is 5.78 Å². The van der Waals surface area contributed by atoms with Gasteiger partial charge in [0.2, 0.25) is 0 Å². The highest BCUT2D eigenvalue weighted by molar-refractivity contribution is 6.10. The standard InChI is InChI=1S/C20H18O2/c1-22-19-12-5-3-8-16(19)9-6-10-17-14-13-15-7-2-4-11-18(15)20(17)21/h2-12H,13-14H2,1H3. The molecular formula is C20H18O2. The summed E-state index contributed by atoms with van der Waals surface area (Å²) in [6.45, 7) is 0. The minimum atomic E-state index is 0.145. The number of fused-ring (bicyclic) bond motifs is 1. The van der Waals surface area contributed by atoms with Crippen LogP contribution in [0.1, 0.15) is 27.9 Å². The Morgan fingerprint density at radius 2 is 1.77 bits per heavy atom. The molecule has 1 aliphatic carbocycles. The Morgan fingerprint density at radius 3 is 2.64 bits per heavy atom. The van der Waals surface area contributed by atoms with Gasteiger partial charge >= 0.3 is 0 Å². The summed E-state index contributed by atoms with van der Waals surface area (Å²) in [6, 6.07) is 15.7. The van der Waals surface area contributed by atoms with Crippen LogP contribution >= 0.6 is 0 Å². The molecule has 110 valence electrons. The molecule has 2 heteroatoms. The molecule has 0 saturated carbocycles. The fourth-order valence-corrected chi connectivity index (χ4v) is 2.75. The third kappa shape index (κ3) is 2.86. The average molecular weight is 290 g/mol. The number of benzene rings is 2. The Balaban J connectivity index is 1.82. The number of carbonyl (C=O) groups excluding carboxylic acids is 1. The molecule has 0 fully saturated rings. The number of ether oxygens (including phenoxy) is 1. The molecule has 1 aliphatic rings. The molecule has 0 N–H and O–H groups in total. The molecule has 0 aliphatic heterocycles. The summed E-state index contributed by atoms with van der Waals surface area (Å²) in [6.07, 6.45) is 7.55. The van der Waals surface area contributed by atoms with Gasteiger partial charge < -0.3 is 4.74 Å². The first-order valence-electron chi connectivity index (χ1n) is 7.42. The van der Waals surface area contributed by atoms with Crippen molar-refractivity contribution in [2.24, 2.45) is 0 Å². The van der Waals surface area contributed by atoms with Crippen molar-refractivity contribution in [2.75, 3.05) is 7.11 Å². The molecule has 2 nitrogen and oxygen atoms in total. The summed E-state index contributed by atoms with van der Waals surface area (Å²) in [5.41, 5.74) is 3.86. The molecule has 0 spiro atoms. The maximum Gasteiger partial charge on any atom is 0.189 e. The van der Waals surface area contributed by atoms with Gasteiger partial charge in [-0.1, -0.05) is 60.7 Å². The lowest BCUT2D eigenvalue weighted by Gasteiger charge is -2.16. The predicted molar refractivity (Wildman–Crippen MR) is 89.2 cm³/mol. The number of methoxy groups -OCH3 is 1. The highest BCUT2D eigenvalue weighted by atomic mass is 16.5. The Labute approximate surface area is 130 Å². The number of carbonyl (C=O) groups is 1. The van der Waals surface area contributed by atoms with Crippen LogP contribution in [-0.2, 0) is 6.42 Å². The lowest BCUT2D eigenvalue weighted by atomic mass is 9.87. The van der Waals surface area contributed by atoms with Gasteiger partial charge in [0, 0.05) is 16.7 Å². The Kier molecular flexibility index (Phi) is 4.19. The van der Waals surface area contributed by atoms with Gasteiger partial charge in [-0.3, -0.25) is 4.79 Å². The summed E-state index contributed by atoms with van der Waals surface area (Å²) < 4.78 is 5.32. The van der Waals surface area contributed by atoms with Crippen molar-refractivity contribution in [1.29, 1.82) is 0 Å². The van der Waals surface area contributed by atoms with E-state index in [9.17, 15) is 4.79 Å². The summed E-state index contributed by atoms with van der Waals surface area (Å²) in [5, 5.41) is 0. The van der Waals surface area contributed by atoms with Crippen molar-refractivity contribution in [1.82, 2.24) is 0 Å². The van der Waals surface area contributed by atoms with Crippen molar-refractivity contribution < 1.29 is 9.53 Å². The fraction of sp³-hybridized carbons (Fsp3) is 0.150. The molecule has 22 heavy (non-hydrogen) atoms. The average Bonchev–Trinajstić information content (AvgIpc) is 2.57. The molecule has 3 rings (SSSR count).